The van der Waals surface area contributed by atoms with Crippen LogP contribution in [0.5, 0.6) is 5.75 Å². The van der Waals surface area contributed by atoms with Gasteiger partial charge in [-0.2, -0.15) is 0 Å². The molecule has 1 aliphatic heterocycles. The number of para-hydroxylation sites is 3. The highest BCUT2D eigenvalue weighted by atomic mass is 16.3. The third-order valence-electron chi connectivity index (χ3n) is 7.55. The van der Waals surface area contributed by atoms with E-state index in [2.05, 4.69) is 29.2 Å². The van der Waals surface area contributed by atoms with Gasteiger partial charge in [0.2, 0.25) is 5.91 Å². The van der Waals surface area contributed by atoms with Crippen molar-refractivity contribution in [1.29, 1.82) is 0 Å². The maximum atomic E-state index is 14.8. The Morgan fingerprint density at radius 1 is 0.865 bits per heavy atom. The molecule has 0 radical (unpaired) electrons. The largest absolute Gasteiger partial charge is 0.507 e. The third kappa shape index (κ3) is 3.64. The zero-order valence-corrected chi connectivity index (χ0v) is 20.7. The van der Waals surface area contributed by atoms with Crippen LogP contribution in [-0.2, 0) is 16.8 Å². The van der Waals surface area contributed by atoms with E-state index >= 15 is 0 Å². The van der Waals surface area contributed by atoms with Crippen molar-refractivity contribution in [2.75, 3.05) is 4.90 Å². The van der Waals surface area contributed by atoms with E-state index in [1.54, 1.807) is 6.07 Å². The second-order valence-electron chi connectivity index (χ2n) is 9.56. The van der Waals surface area contributed by atoms with Crippen molar-refractivity contribution < 1.29 is 9.90 Å². The van der Waals surface area contributed by atoms with Crippen molar-refractivity contribution in [2.24, 2.45) is 0 Å². The van der Waals surface area contributed by atoms with Gasteiger partial charge in [-0.3, -0.25) is 4.79 Å². The number of carbonyl (C=O) groups excluding carboxylic acids is 1. The maximum Gasteiger partial charge on any atom is 0.242 e. The van der Waals surface area contributed by atoms with Gasteiger partial charge in [0.05, 0.1) is 6.54 Å². The van der Waals surface area contributed by atoms with Crippen molar-refractivity contribution in [3.8, 4) is 5.75 Å². The lowest BCUT2D eigenvalue weighted by atomic mass is 9.70. The van der Waals surface area contributed by atoms with E-state index in [1.165, 1.54) is 0 Å². The molecule has 0 aliphatic carbocycles. The molecule has 5 aromatic rings. The quantitative estimate of drug-likeness (QED) is 0.268. The number of aromatic nitrogens is 1. The molecule has 37 heavy (non-hydrogen) atoms. The minimum atomic E-state index is -0.963. The molecular weight excluding hydrogens is 456 g/mol. The topological polar surface area (TPSA) is 56.3 Å². The number of aromatic hydroxyl groups is 1. The number of hydrogen-bond donors (Lipinski definition) is 2. The molecule has 2 N–H and O–H groups in total. The van der Waals surface area contributed by atoms with Gasteiger partial charge in [-0.25, -0.2) is 0 Å². The number of phenolic OH excluding ortho intramolecular Hbond substituents is 1. The standard InChI is InChI=1S/C33H28N2O2/c1-2-24(25-14-7-11-19-31(25)36)20-33(28-21-34-29-17-9-6-15-26(28)29)27-16-8-10-18-30(27)35(32(33)37)22-23-12-4-3-5-13-23/h2-19,21,34,36H,20,22H2,1H3/b24-2+/t33-/m1/s1. The number of carbonyl (C=O) groups is 1. The maximum absolute atomic E-state index is 14.8. The molecular formula is C33H28N2O2. The lowest BCUT2D eigenvalue weighted by Crippen LogP contribution is -2.41. The normalized spacial score (nSPS) is 17.4. The summed E-state index contributed by atoms with van der Waals surface area (Å²) in [6.07, 6.45) is 4.43. The Hall–Kier alpha value is -4.57. The first-order chi connectivity index (χ1) is 18.1. The van der Waals surface area contributed by atoms with Gasteiger partial charge in [-0.05, 0) is 53.8 Å². The molecule has 0 saturated carbocycles. The van der Waals surface area contributed by atoms with Crippen molar-refractivity contribution in [3.05, 3.63) is 138 Å². The van der Waals surface area contributed by atoms with Crippen molar-refractivity contribution in [3.63, 3.8) is 0 Å². The van der Waals surface area contributed by atoms with Crippen LogP contribution in [0.1, 0.15) is 35.6 Å². The molecule has 1 amide bonds. The third-order valence-corrected chi connectivity index (χ3v) is 7.55. The smallest absolute Gasteiger partial charge is 0.242 e. The number of aromatic amines is 1. The van der Waals surface area contributed by atoms with E-state index in [0.717, 1.165) is 44.4 Å². The summed E-state index contributed by atoms with van der Waals surface area (Å²) in [5.74, 6) is 0.252. The highest BCUT2D eigenvalue weighted by Gasteiger charge is 2.53. The van der Waals surface area contributed by atoms with E-state index < -0.39 is 5.41 Å². The zero-order chi connectivity index (χ0) is 25.4. The minimum Gasteiger partial charge on any atom is -0.507 e. The second kappa shape index (κ2) is 9.14. The van der Waals surface area contributed by atoms with Gasteiger partial charge < -0.3 is 15.0 Å². The first-order valence-electron chi connectivity index (χ1n) is 12.6. The number of nitrogens with zero attached hydrogens (tertiary/aromatic N) is 1. The molecule has 0 unspecified atom stereocenters. The minimum absolute atomic E-state index is 0.0390. The molecule has 1 atom stereocenters. The van der Waals surface area contributed by atoms with Crippen LogP contribution in [0.25, 0.3) is 16.5 Å². The van der Waals surface area contributed by atoms with Gasteiger partial charge in [-0.15, -0.1) is 0 Å². The Labute approximate surface area is 216 Å². The van der Waals surface area contributed by atoms with Gasteiger partial charge >= 0.3 is 0 Å². The number of rotatable bonds is 6. The number of amides is 1. The molecule has 0 fully saturated rings. The van der Waals surface area contributed by atoms with Gasteiger partial charge in [0.25, 0.3) is 0 Å². The molecule has 6 rings (SSSR count). The summed E-state index contributed by atoms with van der Waals surface area (Å²) in [7, 11) is 0. The predicted octanol–water partition coefficient (Wildman–Crippen LogP) is 7.20. The number of benzene rings is 4. The fraction of sp³-hybridized carbons (Fsp3) is 0.121. The molecule has 4 nitrogen and oxygen atoms in total. The van der Waals surface area contributed by atoms with E-state index in [-0.39, 0.29) is 11.7 Å². The fourth-order valence-corrected chi connectivity index (χ4v) is 5.78. The number of nitrogens with one attached hydrogen (secondary N) is 1. The van der Waals surface area contributed by atoms with Crippen molar-refractivity contribution in [2.45, 2.75) is 25.3 Å². The van der Waals surface area contributed by atoms with Crippen LogP contribution in [0.3, 0.4) is 0 Å². The first-order valence-corrected chi connectivity index (χ1v) is 12.6. The molecule has 182 valence electrons. The SMILES string of the molecule is C/C=C(\C[C@@]1(c2c[nH]c3ccccc23)C(=O)N(Cc2ccccc2)c2ccccc21)c1ccccc1O. The Morgan fingerprint density at radius 3 is 2.38 bits per heavy atom. The summed E-state index contributed by atoms with van der Waals surface area (Å²) in [6.45, 7) is 2.46. The highest BCUT2D eigenvalue weighted by molar-refractivity contribution is 6.13. The van der Waals surface area contributed by atoms with Crippen LogP contribution in [0, 0.1) is 0 Å². The van der Waals surface area contributed by atoms with Crippen LogP contribution in [0.15, 0.2) is 115 Å². The number of allylic oxidation sites excluding steroid dienone is 2. The predicted molar refractivity (Wildman–Crippen MR) is 150 cm³/mol. The van der Waals surface area contributed by atoms with Crippen LogP contribution >= 0.6 is 0 Å². The van der Waals surface area contributed by atoms with Gasteiger partial charge in [-0.1, -0.05) is 91.0 Å². The van der Waals surface area contributed by atoms with E-state index in [9.17, 15) is 9.90 Å². The number of anilines is 1. The molecule has 0 bridgehead atoms. The van der Waals surface area contributed by atoms with Crippen LogP contribution in [0.2, 0.25) is 0 Å². The average Bonchev–Trinajstić information content (AvgIpc) is 3.47. The number of hydrogen-bond acceptors (Lipinski definition) is 2. The summed E-state index contributed by atoms with van der Waals surface area (Å²) >= 11 is 0. The van der Waals surface area contributed by atoms with Crippen molar-refractivity contribution >= 4 is 28.1 Å². The summed E-state index contributed by atoms with van der Waals surface area (Å²) in [5, 5.41) is 11.8. The Kier molecular flexibility index (Phi) is 5.65. The summed E-state index contributed by atoms with van der Waals surface area (Å²) in [4.78, 5) is 20.2. The zero-order valence-electron chi connectivity index (χ0n) is 20.7. The molecule has 0 spiro atoms. The summed E-state index contributed by atoms with van der Waals surface area (Å²) in [6, 6.07) is 33.7. The van der Waals surface area contributed by atoms with Gasteiger partial charge in [0.1, 0.15) is 11.2 Å². The van der Waals surface area contributed by atoms with Crippen molar-refractivity contribution in [1.82, 2.24) is 4.98 Å². The Balaban J connectivity index is 1.59. The first kappa shape index (κ1) is 22.9. The van der Waals surface area contributed by atoms with Gasteiger partial charge in [0.15, 0.2) is 0 Å². The van der Waals surface area contributed by atoms with Crippen LogP contribution < -0.4 is 4.90 Å². The molecule has 1 aromatic heterocycles. The van der Waals surface area contributed by atoms with Crippen LogP contribution in [0.4, 0.5) is 5.69 Å². The lowest BCUT2D eigenvalue weighted by Gasteiger charge is -2.30. The fourth-order valence-electron chi connectivity index (χ4n) is 5.78. The molecule has 1 aliphatic rings. The lowest BCUT2D eigenvalue weighted by molar-refractivity contribution is -0.121. The Morgan fingerprint density at radius 2 is 1.57 bits per heavy atom. The highest BCUT2D eigenvalue weighted by Crippen LogP contribution is 2.53. The van der Waals surface area contributed by atoms with Crippen LogP contribution in [-0.4, -0.2) is 16.0 Å². The van der Waals surface area contributed by atoms with E-state index in [0.29, 0.717) is 13.0 Å². The number of phenols is 1. The second-order valence-corrected chi connectivity index (χ2v) is 9.56. The molecule has 4 heteroatoms. The monoisotopic (exact) mass is 484 g/mol. The number of H-pyrrole nitrogens is 1. The molecule has 0 saturated heterocycles. The van der Waals surface area contributed by atoms with E-state index in [4.69, 9.17) is 0 Å². The summed E-state index contributed by atoms with van der Waals surface area (Å²) < 4.78 is 0. The van der Waals surface area contributed by atoms with E-state index in [1.807, 2.05) is 96.9 Å². The Bertz CT molecular complexity index is 1630. The number of fused-ring (bicyclic) bond motifs is 2. The molecule has 4 aromatic carbocycles. The van der Waals surface area contributed by atoms with Gasteiger partial charge in [0, 0.05) is 28.4 Å². The average molecular weight is 485 g/mol. The summed E-state index contributed by atoms with van der Waals surface area (Å²) in [5.41, 5.74) is 5.63. The molecule has 2 heterocycles.